The molecule has 0 atom stereocenters. The molecule has 0 amide bonds. The van der Waals surface area contributed by atoms with Crippen molar-refractivity contribution < 1.29 is 19.9 Å². The average molecular weight is 457 g/mol. The maximum atomic E-state index is 8.63. The van der Waals surface area contributed by atoms with Gasteiger partial charge in [0.25, 0.3) is 0 Å². The zero-order chi connectivity index (χ0) is 23.3. The first-order valence-electron chi connectivity index (χ1n) is 12.7. The van der Waals surface area contributed by atoms with E-state index in [4.69, 9.17) is 19.9 Å². The first-order valence-corrected chi connectivity index (χ1v) is 12.7. The van der Waals surface area contributed by atoms with Gasteiger partial charge in [-0.05, 0) is 51.6 Å². The van der Waals surface area contributed by atoms with Gasteiger partial charge in [-0.3, -0.25) is 0 Å². The Hall–Kier alpha value is -1.22. The van der Waals surface area contributed by atoms with Gasteiger partial charge in [-0.25, -0.2) is 0 Å². The third-order valence-corrected chi connectivity index (χ3v) is 5.87. The molecule has 2 aliphatic rings. The largest absolute Gasteiger partial charge is 0.411 e. The maximum Gasteiger partial charge on any atom is 0.0596 e. The predicted molar refractivity (Wildman–Crippen MR) is 130 cm³/mol. The zero-order valence-corrected chi connectivity index (χ0v) is 20.6. The lowest BCUT2D eigenvalue weighted by Crippen LogP contribution is -2.34. The Kier molecular flexibility index (Phi) is 18.4. The summed E-state index contributed by atoms with van der Waals surface area (Å²) in [5, 5.41) is 23.8. The summed E-state index contributed by atoms with van der Waals surface area (Å²) in [7, 11) is 0. The van der Waals surface area contributed by atoms with Crippen molar-refractivity contribution in [3.05, 3.63) is 0 Å². The van der Waals surface area contributed by atoms with Crippen molar-refractivity contribution in [2.45, 2.75) is 78.1 Å². The molecule has 8 nitrogen and oxygen atoms in total. The normalized spacial score (nSPS) is 17.7. The Morgan fingerprint density at radius 2 is 1.00 bits per heavy atom. The fourth-order valence-electron chi connectivity index (χ4n) is 3.84. The van der Waals surface area contributed by atoms with Crippen molar-refractivity contribution in [3.63, 3.8) is 0 Å². The van der Waals surface area contributed by atoms with Crippen LogP contribution in [0.25, 0.3) is 0 Å². The molecule has 2 N–H and O–H groups in total. The van der Waals surface area contributed by atoms with Crippen LogP contribution in [-0.4, -0.2) is 97.3 Å². The Morgan fingerprint density at radius 1 is 0.625 bits per heavy atom. The van der Waals surface area contributed by atoms with Crippen LogP contribution in [0.15, 0.2) is 10.3 Å². The van der Waals surface area contributed by atoms with E-state index < -0.39 is 0 Å². The Bertz CT molecular complexity index is 438. The van der Waals surface area contributed by atoms with Gasteiger partial charge in [-0.1, -0.05) is 24.2 Å². The highest BCUT2D eigenvalue weighted by molar-refractivity contribution is 5.85. The smallest absolute Gasteiger partial charge is 0.0596 e. The molecule has 0 bridgehead atoms. The second-order valence-electron chi connectivity index (χ2n) is 8.65. The predicted octanol–water partition coefficient (Wildman–Crippen LogP) is 4.24. The van der Waals surface area contributed by atoms with Crippen molar-refractivity contribution in [2.75, 3.05) is 65.7 Å². The summed E-state index contributed by atoms with van der Waals surface area (Å²) in [6.07, 6.45) is 10.6. The van der Waals surface area contributed by atoms with Crippen molar-refractivity contribution in [2.24, 2.45) is 10.3 Å². The minimum Gasteiger partial charge on any atom is -0.411 e. The molecule has 0 unspecified atom stereocenters. The molecule has 2 aliphatic heterocycles. The lowest BCUT2D eigenvalue weighted by molar-refractivity contribution is 0.127. The van der Waals surface area contributed by atoms with Crippen LogP contribution >= 0.6 is 0 Å². The molecule has 0 radical (unpaired) electrons. The third kappa shape index (κ3) is 14.8. The maximum absolute atomic E-state index is 8.63. The van der Waals surface area contributed by atoms with Gasteiger partial charge in [0.2, 0.25) is 0 Å². The lowest BCUT2D eigenvalue weighted by atomic mass is 10.1. The van der Waals surface area contributed by atoms with E-state index in [0.717, 1.165) is 128 Å². The van der Waals surface area contributed by atoms with Gasteiger partial charge in [0.1, 0.15) is 0 Å². The molecule has 8 heteroatoms. The molecule has 0 aromatic rings. The Balaban J connectivity index is 0.000000320. The molecule has 2 saturated heterocycles. The summed E-state index contributed by atoms with van der Waals surface area (Å²) in [4.78, 5) is 4.88. The van der Waals surface area contributed by atoms with Gasteiger partial charge in [-0.15, -0.1) is 0 Å². The third-order valence-electron chi connectivity index (χ3n) is 5.87. The molecular formula is C24H48N4O4. The van der Waals surface area contributed by atoms with Gasteiger partial charge < -0.3 is 29.7 Å². The second kappa shape index (κ2) is 20.4. The molecule has 2 fully saturated rings. The topological polar surface area (TPSA) is 90.1 Å². The number of unbranched alkanes of at least 4 members (excludes halogenated alkanes) is 2. The van der Waals surface area contributed by atoms with Gasteiger partial charge in [0.15, 0.2) is 0 Å². The van der Waals surface area contributed by atoms with Crippen LogP contribution < -0.4 is 0 Å². The Morgan fingerprint density at radius 3 is 1.31 bits per heavy atom. The SMILES string of the molecule is CCCOCCCCN1CCC(=NO)CC1.CCCOCCCCN1CCC(=NO)CC1. The summed E-state index contributed by atoms with van der Waals surface area (Å²) in [5.74, 6) is 0. The number of rotatable bonds is 14. The van der Waals surface area contributed by atoms with Crippen molar-refractivity contribution >= 4 is 11.4 Å². The highest BCUT2D eigenvalue weighted by Crippen LogP contribution is 2.09. The minimum absolute atomic E-state index is 0.889. The van der Waals surface area contributed by atoms with Crippen molar-refractivity contribution in [1.82, 2.24) is 9.80 Å². The monoisotopic (exact) mass is 456 g/mol. The van der Waals surface area contributed by atoms with Crippen LogP contribution in [0.1, 0.15) is 78.1 Å². The van der Waals surface area contributed by atoms with Crippen molar-refractivity contribution in [3.8, 4) is 0 Å². The van der Waals surface area contributed by atoms with E-state index in [1.54, 1.807) is 0 Å². The van der Waals surface area contributed by atoms with Crippen LogP contribution in [0.4, 0.5) is 0 Å². The number of ether oxygens (including phenoxy) is 2. The summed E-state index contributed by atoms with van der Waals surface area (Å²) in [6.45, 7) is 14.3. The molecule has 2 rings (SSSR count). The van der Waals surface area contributed by atoms with E-state index in [9.17, 15) is 0 Å². The standard InChI is InChI=1S/2C12H24N2O2/c2*1-2-10-16-11-4-3-7-14-8-5-12(13-15)6-9-14/h2*15H,2-11H2,1H3. The molecule has 0 saturated carbocycles. The van der Waals surface area contributed by atoms with Crippen LogP contribution in [0, 0.1) is 0 Å². The number of nitrogens with zero attached hydrogens (tertiary/aromatic N) is 4. The molecule has 32 heavy (non-hydrogen) atoms. The highest BCUT2D eigenvalue weighted by Gasteiger charge is 2.15. The van der Waals surface area contributed by atoms with Crippen molar-refractivity contribution in [1.29, 1.82) is 0 Å². The molecule has 188 valence electrons. The van der Waals surface area contributed by atoms with Gasteiger partial charge in [0.05, 0.1) is 11.4 Å². The second-order valence-corrected chi connectivity index (χ2v) is 8.65. The molecule has 2 heterocycles. The van der Waals surface area contributed by atoms with E-state index >= 15 is 0 Å². The van der Waals surface area contributed by atoms with Crippen LogP contribution in [0.3, 0.4) is 0 Å². The lowest BCUT2D eigenvalue weighted by Gasteiger charge is -2.26. The summed E-state index contributed by atoms with van der Waals surface area (Å²) >= 11 is 0. The average Bonchev–Trinajstić information content (AvgIpc) is 2.84. The van der Waals surface area contributed by atoms with Gasteiger partial charge >= 0.3 is 0 Å². The minimum atomic E-state index is 0.889. The summed E-state index contributed by atoms with van der Waals surface area (Å²) < 4.78 is 10.9. The zero-order valence-electron chi connectivity index (χ0n) is 20.6. The number of hydrogen-bond acceptors (Lipinski definition) is 8. The fraction of sp³-hybridized carbons (Fsp3) is 0.917. The van der Waals surface area contributed by atoms with E-state index in [2.05, 4.69) is 34.0 Å². The Labute approximate surface area is 195 Å². The van der Waals surface area contributed by atoms with Crippen LogP contribution in [0.2, 0.25) is 0 Å². The highest BCUT2D eigenvalue weighted by atomic mass is 16.5. The van der Waals surface area contributed by atoms with E-state index in [0.29, 0.717) is 0 Å². The molecular weight excluding hydrogens is 408 g/mol. The molecule has 0 spiro atoms. The summed E-state index contributed by atoms with van der Waals surface area (Å²) in [6, 6.07) is 0. The molecule has 0 aromatic carbocycles. The molecule has 0 aliphatic carbocycles. The molecule has 0 aromatic heterocycles. The van der Waals surface area contributed by atoms with Gasteiger partial charge in [0, 0.05) is 78.3 Å². The first-order chi connectivity index (χ1) is 15.7. The van der Waals surface area contributed by atoms with Gasteiger partial charge in [-0.2, -0.15) is 0 Å². The van der Waals surface area contributed by atoms with E-state index in [-0.39, 0.29) is 0 Å². The number of likely N-dealkylation sites (tertiary alicyclic amines) is 2. The van der Waals surface area contributed by atoms with E-state index in [1.165, 1.54) is 12.8 Å². The summed E-state index contributed by atoms with van der Waals surface area (Å²) in [5.41, 5.74) is 1.89. The van der Waals surface area contributed by atoms with E-state index in [1.807, 2.05) is 0 Å². The number of piperidine rings is 2. The van der Waals surface area contributed by atoms with Crippen LogP contribution in [-0.2, 0) is 9.47 Å². The number of hydrogen-bond donors (Lipinski definition) is 2. The quantitative estimate of drug-likeness (QED) is 0.231. The fourth-order valence-corrected chi connectivity index (χ4v) is 3.84. The number of oxime groups is 2. The first kappa shape index (κ1) is 28.8. The van der Waals surface area contributed by atoms with Crippen LogP contribution in [0.5, 0.6) is 0 Å².